The van der Waals surface area contributed by atoms with Crippen molar-refractivity contribution in [2.75, 3.05) is 28.4 Å². The van der Waals surface area contributed by atoms with Crippen molar-refractivity contribution < 1.29 is 37.8 Å². The number of aliphatic hydroxyl groups is 2. The van der Waals surface area contributed by atoms with Gasteiger partial charge < -0.3 is 24.2 Å². The Balaban J connectivity index is 2.38. The lowest BCUT2D eigenvalue weighted by atomic mass is 10.0. The van der Waals surface area contributed by atoms with E-state index < -0.39 is 7.82 Å². The van der Waals surface area contributed by atoms with Crippen molar-refractivity contribution in [2.45, 2.75) is 13.2 Å². The number of benzene rings is 2. The minimum Gasteiger partial charge on any atom is -0.496 e. The maximum Gasteiger partial charge on any atom is 0.529 e. The van der Waals surface area contributed by atoms with E-state index >= 15 is 0 Å². The summed E-state index contributed by atoms with van der Waals surface area (Å²) >= 11 is 0. The molecule has 2 aromatic carbocycles. The second-order valence-corrected chi connectivity index (χ2v) is 7.63. The van der Waals surface area contributed by atoms with Crippen molar-refractivity contribution in [3.05, 3.63) is 52.6 Å². The van der Waals surface area contributed by atoms with Crippen LogP contribution >= 0.6 is 7.82 Å². The summed E-state index contributed by atoms with van der Waals surface area (Å²) in [6.07, 6.45) is 3.60. The first-order valence-corrected chi connectivity index (χ1v) is 10.1. The molecule has 2 N–H and O–H groups in total. The van der Waals surface area contributed by atoms with Crippen LogP contribution in [0.25, 0.3) is 12.2 Å². The summed E-state index contributed by atoms with van der Waals surface area (Å²) in [5.74, 6) is 1.05. The minimum absolute atomic E-state index is 0.200. The standard InChI is InChI=1S/C20H25O8P/c1-24-18-8-7-14(10-20(18)28-29(23,26-3)27-4)5-6-15-9-16(12-21)17(13-22)19(11-15)25-2/h5-11,21-22H,12-13H2,1-4H3. The molecule has 9 heteroatoms. The summed E-state index contributed by atoms with van der Waals surface area (Å²) < 4.78 is 37.8. The maximum atomic E-state index is 12.3. The number of hydrogen-bond donors (Lipinski definition) is 2. The van der Waals surface area contributed by atoms with E-state index in [4.69, 9.17) is 23.0 Å². The highest BCUT2D eigenvalue weighted by molar-refractivity contribution is 7.48. The molecule has 158 valence electrons. The van der Waals surface area contributed by atoms with Crippen LogP contribution in [0.3, 0.4) is 0 Å². The van der Waals surface area contributed by atoms with Gasteiger partial charge in [-0.2, -0.15) is 0 Å². The quantitative estimate of drug-likeness (QED) is 0.440. The lowest BCUT2D eigenvalue weighted by Crippen LogP contribution is -1.99. The number of phosphoric acid groups is 1. The predicted molar refractivity (Wildman–Crippen MR) is 109 cm³/mol. The van der Waals surface area contributed by atoms with Crippen LogP contribution in [0.15, 0.2) is 30.3 Å². The van der Waals surface area contributed by atoms with Crippen molar-refractivity contribution in [2.24, 2.45) is 0 Å². The molecule has 0 aromatic heterocycles. The third-order valence-electron chi connectivity index (χ3n) is 4.19. The second-order valence-electron chi connectivity index (χ2n) is 5.82. The molecule has 0 saturated heterocycles. The van der Waals surface area contributed by atoms with Gasteiger partial charge in [-0.15, -0.1) is 0 Å². The molecule has 0 aliphatic carbocycles. The molecule has 0 heterocycles. The summed E-state index contributed by atoms with van der Waals surface area (Å²) in [5.41, 5.74) is 2.62. The van der Waals surface area contributed by atoms with E-state index in [1.54, 1.807) is 42.5 Å². The number of aliphatic hydroxyl groups excluding tert-OH is 2. The molecule has 0 amide bonds. The van der Waals surface area contributed by atoms with Crippen LogP contribution in [0.2, 0.25) is 0 Å². The van der Waals surface area contributed by atoms with Gasteiger partial charge in [0.25, 0.3) is 0 Å². The second kappa shape index (κ2) is 10.4. The molecule has 0 saturated carbocycles. The first kappa shape index (κ1) is 22.9. The van der Waals surface area contributed by atoms with E-state index in [1.165, 1.54) is 28.4 Å². The van der Waals surface area contributed by atoms with Crippen molar-refractivity contribution in [1.82, 2.24) is 0 Å². The Bertz CT molecular complexity index is 876. The van der Waals surface area contributed by atoms with Crippen LogP contribution in [-0.4, -0.2) is 38.7 Å². The zero-order chi connectivity index (χ0) is 21.4. The first-order chi connectivity index (χ1) is 13.9. The highest BCUT2D eigenvalue weighted by Gasteiger charge is 2.26. The molecule has 2 aromatic rings. The lowest BCUT2D eigenvalue weighted by Gasteiger charge is -2.16. The van der Waals surface area contributed by atoms with Crippen LogP contribution in [0.4, 0.5) is 0 Å². The summed E-state index contributed by atoms with van der Waals surface area (Å²) in [5, 5.41) is 19.1. The Morgan fingerprint density at radius 2 is 1.45 bits per heavy atom. The predicted octanol–water partition coefficient (Wildman–Crippen LogP) is 3.64. The Kier molecular flexibility index (Phi) is 8.25. The normalized spacial score (nSPS) is 11.7. The third-order valence-corrected chi connectivity index (χ3v) is 5.50. The monoisotopic (exact) mass is 424 g/mol. The lowest BCUT2D eigenvalue weighted by molar-refractivity contribution is 0.208. The number of phosphoric ester groups is 1. The van der Waals surface area contributed by atoms with E-state index in [0.29, 0.717) is 22.6 Å². The highest BCUT2D eigenvalue weighted by Crippen LogP contribution is 2.50. The van der Waals surface area contributed by atoms with E-state index in [1.807, 2.05) is 0 Å². The van der Waals surface area contributed by atoms with E-state index in [0.717, 1.165) is 11.1 Å². The van der Waals surface area contributed by atoms with Crippen LogP contribution in [-0.2, 0) is 26.8 Å². The molecular weight excluding hydrogens is 399 g/mol. The van der Waals surface area contributed by atoms with Crippen LogP contribution in [0, 0.1) is 0 Å². The van der Waals surface area contributed by atoms with Gasteiger partial charge in [-0.25, -0.2) is 4.57 Å². The van der Waals surface area contributed by atoms with Gasteiger partial charge in [-0.3, -0.25) is 9.05 Å². The van der Waals surface area contributed by atoms with Gasteiger partial charge in [0.05, 0.1) is 27.4 Å². The average molecular weight is 424 g/mol. The molecule has 0 atom stereocenters. The maximum absolute atomic E-state index is 12.3. The Morgan fingerprint density at radius 3 is 2.00 bits per heavy atom. The molecule has 29 heavy (non-hydrogen) atoms. The molecule has 0 spiro atoms. The third kappa shape index (κ3) is 5.59. The molecule has 0 radical (unpaired) electrons. The molecule has 2 rings (SSSR count). The summed E-state index contributed by atoms with van der Waals surface area (Å²) in [6, 6.07) is 8.60. The Morgan fingerprint density at radius 1 is 0.828 bits per heavy atom. The fourth-order valence-corrected chi connectivity index (χ4v) is 3.34. The fourth-order valence-electron chi connectivity index (χ4n) is 2.66. The van der Waals surface area contributed by atoms with Gasteiger partial charge in [0.1, 0.15) is 5.75 Å². The van der Waals surface area contributed by atoms with Crippen molar-refractivity contribution >= 4 is 20.0 Å². The number of ether oxygens (including phenoxy) is 2. The van der Waals surface area contributed by atoms with Gasteiger partial charge >= 0.3 is 7.82 Å². The Hall–Kier alpha value is -2.35. The van der Waals surface area contributed by atoms with Gasteiger partial charge in [0, 0.05) is 19.8 Å². The fraction of sp³-hybridized carbons (Fsp3) is 0.300. The Labute approximate surface area is 169 Å². The number of hydrogen-bond acceptors (Lipinski definition) is 8. The van der Waals surface area contributed by atoms with Crippen LogP contribution in [0.5, 0.6) is 17.2 Å². The number of methoxy groups -OCH3 is 2. The smallest absolute Gasteiger partial charge is 0.496 e. The topological polar surface area (TPSA) is 104 Å². The van der Waals surface area contributed by atoms with E-state index in [9.17, 15) is 14.8 Å². The molecule has 0 unspecified atom stereocenters. The van der Waals surface area contributed by atoms with Crippen molar-refractivity contribution in [3.8, 4) is 17.2 Å². The van der Waals surface area contributed by atoms with Crippen LogP contribution in [0.1, 0.15) is 22.3 Å². The SMILES string of the molecule is COc1ccc(C=Cc2cc(CO)c(CO)c(OC)c2)cc1OP(=O)(OC)OC. The van der Waals surface area contributed by atoms with E-state index in [2.05, 4.69) is 0 Å². The molecule has 0 bridgehead atoms. The zero-order valence-electron chi connectivity index (χ0n) is 16.7. The summed E-state index contributed by atoms with van der Waals surface area (Å²) in [7, 11) is 1.67. The molecule has 8 nitrogen and oxygen atoms in total. The number of rotatable bonds is 10. The minimum atomic E-state index is -3.74. The van der Waals surface area contributed by atoms with Gasteiger partial charge in [-0.1, -0.05) is 18.2 Å². The largest absolute Gasteiger partial charge is 0.529 e. The molecule has 0 aliphatic rings. The van der Waals surface area contributed by atoms with Crippen molar-refractivity contribution in [1.29, 1.82) is 0 Å². The summed E-state index contributed by atoms with van der Waals surface area (Å²) in [6.45, 7) is -0.459. The van der Waals surface area contributed by atoms with Gasteiger partial charge in [-0.05, 0) is 41.0 Å². The van der Waals surface area contributed by atoms with Gasteiger partial charge in [0.15, 0.2) is 11.5 Å². The van der Waals surface area contributed by atoms with Crippen molar-refractivity contribution in [3.63, 3.8) is 0 Å². The molecule has 0 aliphatic heterocycles. The highest BCUT2D eigenvalue weighted by atomic mass is 31.2. The van der Waals surface area contributed by atoms with Gasteiger partial charge in [0.2, 0.25) is 0 Å². The van der Waals surface area contributed by atoms with Crippen LogP contribution < -0.4 is 14.0 Å². The molecule has 0 fully saturated rings. The molecular formula is C20H25O8P. The first-order valence-electron chi connectivity index (χ1n) is 8.62. The van der Waals surface area contributed by atoms with E-state index in [-0.39, 0.29) is 19.0 Å². The summed E-state index contributed by atoms with van der Waals surface area (Å²) in [4.78, 5) is 0. The average Bonchev–Trinajstić information content (AvgIpc) is 2.76. The zero-order valence-corrected chi connectivity index (χ0v) is 17.6.